The van der Waals surface area contributed by atoms with E-state index in [9.17, 15) is 9.59 Å². The van der Waals surface area contributed by atoms with Crippen molar-refractivity contribution in [3.63, 3.8) is 0 Å². The molecule has 4 aromatic heterocycles. The zero-order valence-electron chi connectivity index (χ0n) is 28.7. The van der Waals surface area contributed by atoms with Gasteiger partial charge in [-0.3, -0.25) is 4.68 Å². The first kappa shape index (κ1) is 32.7. The first-order chi connectivity index (χ1) is 22.1. The lowest BCUT2D eigenvalue weighted by Gasteiger charge is -2.45. The maximum Gasteiger partial charge on any atom is 0.425 e. The van der Waals surface area contributed by atoms with E-state index < -0.39 is 29.6 Å². The van der Waals surface area contributed by atoms with E-state index >= 15 is 0 Å². The number of carbonyl (C=O) groups excluding carboxylic acids is 2. The monoisotopic (exact) mass is 646 g/mol. The molecule has 0 aromatic carbocycles. The van der Waals surface area contributed by atoms with Crippen molar-refractivity contribution in [1.29, 1.82) is 0 Å². The molecule has 1 aliphatic heterocycles. The normalized spacial score (nSPS) is 21.8. The van der Waals surface area contributed by atoms with Crippen molar-refractivity contribution >= 4 is 23.5 Å². The fourth-order valence-corrected chi connectivity index (χ4v) is 6.35. The Hall–Kier alpha value is -4.26. The summed E-state index contributed by atoms with van der Waals surface area (Å²) in [6.07, 6.45) is 11.0. The number of fused-ring (bicyclic) bond motifs is 1. The van der Waals surface area contributed by atoms with Crippen molar-refractivity contribution in [2.24, 2.45) is 5.92 Å². The molecule has 2 amide bonds. The van der Waals surface area contributed by atoms with E-state index in [4.69, 9.17) is 29.4 Å². The van der Waals surface area contributed by atoms with E-state index in [1.54, 1.807) is 69.2 Å². The summed E-state index contributed by atoms with van der Waals surface area (Å²) in [4.78, 5) is 33.3. The maximum absolute atomic E-state index is 13.7. The third kappa shape index (κ3) is 6.76. The molecule has 13 nitrogen and oxygen atoms in total. The van der Waals surface area contributed by atoms with Crippen LogP contribution in [-0.2, 0) is 19.7 Å². The van der Waals surface area contributed by atoms with Gasteiger partial charge in [-0.1, -0.05) is 13.3 Å². The van der Waals surface area contributed by atoms with Crippen LogP contribution in [0, 0.1) is 5.92 Å². The zero-order valence-corrected chi connectivity index (χ0v) is 28.7. The molecule has 2 fully saturated rings. The summed E-state index contributed by atoms with van der Waals surface area (Å²) in [5.41, 5.74) is 1.54. The van der Waals surface area contributed by atoms with Gasteiger partial charge in [0.2, 0.25) is 0 Å². The van der Waals surface area contributed by atoms with Gasteiger partial charge < -0.3 is 14.2 Å². The molecule has 0 spiro atoms. The SMILES string of the molecule is CCC1CC(C)(n2cc(-c3nc(-c4cc(N(C(=O)OC(C)(C)C)C(=O)OC(C)(C)C)n(C5CCCCO5)n4)cn4nccc34)cn2)C1. The van der Waals surface area contributed by atoms with Crippen LogP contribution in [-0.4, -0.2) is 64.2 Å². The minimum atomic E-state index is -0.881. The number of rotatable bonds is 6. The van der Waals surface area contributed by atoms with Crippen LogP contribution in [0.4, 0.5) is 15.4 Å². The van der Waals surface area contributed by atoms with Crippen molar-refractivity contribution in [3.8, 4) is 22.6 Å². The van der Waals surface area contributed by atoms with Crippen LogP contribution in [0.5, 0.6) is 0 Å². The number of nitrogens with zero attached hydrogens (tertiary/aromatic N) is 8. The molecule has 4 aromatic rings. The second kappa shape index (κ2) is 12.1. The third-order valence-electron chi connectivity index (χ3n) is 8.62. The summed E-state index contributed by atoms with van der Waals surface area (Å²) in [6.45, 7) is 15.5. The highest BCUT2D eigenvalue weighted by molar-refractivity contribution is 6.09. The Bertz CT molecular complexity index is 1730. The number of ether oxygens (including phenoxy) is 3. The van der Waals surface area contributed by atoms with Crippen LogP contribution < -0.4 is 4.90 Å². The number of imide groups is 1. The van der Waals surface area contributed by atoms with Crippen LogP contribution in [0.2, 0.25) is 0 Å². The van der Waals surface area contributed by atoms with Crippen LogP contribution >= 0.6 is 0 Å². The highest BCUT2D eigenvalue weighted by Crippen LogP contribution is 2.45. The second-order valence-electron chi connectivity index (χ2n) is 14.9. The number of carbonyl (C=O) groups is 2. The Balaban J connectivity index is 1.45. The van der Waals surface area contributed by atoms with Gasteiger partial charge in [0.05, 0.1) is 35.3 Å². The first-order valence-electron chi connectivity index (χ1n) is 16.5. The average molecular weight is 647 g/mol. The van der Waals surface area contributed by atoms with E-state index in [2.05, 4.69) is 29.8 Å². The largest absolute Gasteiger partial charge is 0.443 e. The smallest absolute Gasteiger partial charge is 0.425 e. The Morgan fingerprint density at radius 1 is 1.02 bits per heavy atom. The number of anilines is 1. The molecule has 1 saturated heterocycles. The molecule has 1 atom stereocenters. The third-order valence-corrected chi connectivity index (χ3v) is 8.62. The highest BCUT2D eigenvalue weighted by atomic mass is 16.6. The molecule has 13 heteroatoms. The number of hydrogen-bond donors (Lipinski definition) is 0. The standard InChI is InChI=1S/C34H46N8O5/c1-9-22-17-34(8,18-22)40-20-23(19-36-40)29-26-13-14-35-39(26)21-25(37-29)24-16-27(42(38-24)28-12-10-11-15-45-28)41(30(43)46-32(2,3)4)31(44)47-33(5,6)7/h13-14,16,19-22,28H,9-12,15,17-18H2,1-8H3. The van der Waals surface area contributed by atoms with Crippen LogP contribution in [0.25, 0.3) is 28.2 Å². The van der Waals surface area contributed by atoms with Crippen molar-refractivity contribution in [1.82, 2.24) is 34.2 Å². The molecule has 252 valence electrons. The van der Waals surface area contributed by atoms with Crippen LogP contribution in [0.1, 0.15) is 100 Å². The molecule has 1 saturated carbocycles. The Morgan fingerprint density at radius 3 is 2.34 bits per heavy atom. The molecule has 5 heterocycles. The molecule has 1 aliphatic carbocycles. The van der Waals surface area contributed by atoms with Crippen molar-refractivity contribution in [2.45, 2.75) is 117 Å². The molecule has 2 aliphatic rings. The molecular formula is C34H46N8O5. The lowest BCUT2D eigenvalue weighted by molar-refractivity contribution is -0.0385. The topological polar surface area (TPSA) is 131 Å². The van der Waals surface area contributed by atoms with Crippen molar-refractivity contribution < 1.29 is 23.8 Å². The lowest BCUT2D eigenvalue weighted by Crippen LogP contribution is -2.45. The van der Waals surface area contributed by atoms with Gasteiger partial charge in [-0.2, -0.15) is 20.2 Å². The molecule has 0 radical (unpaired) electrons. The van der Waals surface area contributed by atoms with Gasteiger partial charge >= 0.3 is 12.2 Å². The minimum absolute atomic E-state index is 0.0203. The molecule has 6 rings (SSSR count). The number of hydrogen-bond acceptors (Lipinski definition) is 9. The summed E-state index contributed by atoms with van der Waals surface area (Å²) in [5, 5.41) is 14.2. The predicted molar refractivity (Wildman–Crippen MR) is 176 cm³/mol. The summed E-state index contributed by atoms with van der Waals surface area (Å²) in [5.74, 6) is 0.879. The predicted octanol–water partition coefficient (Wildman–Crippen LogP) is 7.37. The number of amides is 2. The van der Waals surface area contributed by atoms with E-state index in [1.165, 1.54) is 6.42 Å². The molecule has 47 heavy (non-hydrogen) atoms. The van der Waals surface area contributed by atoms with E-state index in [1.807, 2.05) is 12.3 Å². The average Bonchev–Trinajstić information content (AvgIpc) is 3.74. The second-order valence-corrected chi connectivity index (χ2v) is 14.9. The van der Waals surface area contributed by atoms with Gasteiger partial charge in [-0.05, 0) is 92.6 Å². The van der Waals surface area contributed by atoms with E-state index in [-0.39, 0.29) is 11.4 Å². The zero-order chi connectivity index (χ0) is 33.7. The van der Waals surface area contributed by atoms with Crippen molar-refractivity contribution in [2.75, 3.05) is 11.5 Å². The highest BCUT2D eigenvalue weighted by Gasteiger charge is 2.42. The first-order valence-corrected chi connectivity index (χ1v) is 16.5. The molecule has 1 unspecified atom stereocenters. The van der Waals surface area contributed by atoms with Gasteiger partial charge in [0.15, 0.2) is 12.0 Å². The fourth-order valence-electron chi connectivity index (χ4n) is 6.35. The molecule has 0 N–H and O–H groups in total. The summed E-state index contributed by atoms with van der Waals surface area (Å²) >= 11 is 0. The Labute approximate surface area is 275 Å². The molecule has 0 bridgehead atoms. The summed E-state index contributed by atoms with van der Waals surface area (Å²) in [7, 11) is 0. The van der Waals surface area contributed by atoms with E-state index in [0.717, 1.165) is 41.7 Å². The van der Waals surface area contributed by atoms with Gasteiger partial charge in [0.25, 0.3) is 0 Å². The minimum Gasteiger partial charge on any atom is -0.443 e. The van der Waals surface area contributed by atoms with Gasteiger partial charge in [0, 0.05) is 24.4 Å². The number of aromatic nitrogens is 7. The van der Waals surface area contributed by atoms with Gasteiger partial charge in [-0.15, -0.1) is 0 Å². The Kier molecular flexibility index (Phi) is 8.39. The van der Waals surface area contributed by atoms with Crippen LogP contribution in [0.15, 0.2) is 36.9 Å². The van der Waals surface area contributed by atoms with Crippen LogP contribution in [0.3, 0.4) is 0 Å². The van der Waals surface area contributed by atoms with Gasteiger partial charge in [0.1, 0.15) is 22.6 Å². The molecular weight excluding hydrogens is 600 g/mol. The Morgan fingerprint density at radius 2 is 1.72 bits per heavy atom. The fraction of sp³-hybridized carbons (Fsp3) is 0.588. The summed E-state index contributed by atoms with van der Waals surface area (Å²) < 4.78 is 22.9. The van der Waals surface area contributed by atoms with Crippen molar-refractivity contribution in [3.05, 3.63) is 36.9 Å². The maximum atomic E-state index is 13.7. The van der Waals surface area contributed by atoms with E-state index in [0.29, 0.717) is 36.0 Å². The lowest BCUT2D eigenvalue weighted by atomic mass is 9.68. The quantitative estimate of drug-likeness (QED) is 0.211. The summed E-state index contributed by atoms with van der Waals surface area (Å²) in [6, 6.07) is 3.56. The van der Waals surface area contributed by atoms with Gasteiger partial charge in [-0.25, -0.2) is 23.8 Å².